The van der Waals surface area contributed by atoms with Crippen LogP contribution in [0.15, 0.2) is 9.98 Å². The molecule has 29 heavy (non-hydrogen) atoms. The van der Waals surface area contributed by atoms with Gasteiger partial charge in [0.2, 0.25) is 11.8 Å². The van der Waals surface area contributed by atoms with E-state index in [0.717, 1.165) is 0 Å². The van der Waals surface area contributed by atoms with Gasteiger partial charge in [0.1, 0.15) is 24.9 Å². The van der Waals surface area contributed by atoms with Gasteiger partial charge in [-0.2, -0.15) is 0 Å². The Morgan fingerprint density at radius 3 is 2.38 bits per heavy atom. The number of nitrogens with one attached hydrogen (secondary N) is 1. The van der Waals surface area contributed by atoms with Gasteiger partial charge in [0.05, 0.1) is 19.3 Å². The van der Waals surface area contributed by atoms with Gasteiger partial charge in [-0.3, -0.25) is 0 Å². The first kappa shape index (κ1) is 22.9. The van der Waals surface area contributed by atoms with Crippen molar-refractivity contribution >= 4 is 23.9 Å². The predicted octanol–water partition coefficient (Wildman–Crippen LogP) is 1.46. The summed E-state index contributed by atoms with van der Waals surface area (Å²) in [6, 6.07) is -1.85. The molecule has 10 nitrogen and oxygen atoms in total. The van der Waals surface area contributed by atoms with Gasteiger partial charge in [-0.15, -0.1) is 0 Å². The molecule has 0 saturated carbocycles. The molecule has 0 unspecified atom stereocenters. The van der Waals surface area contributed by atoms with E-state index in [9.17, 15) is 9.59 Å². The normalized spacial score (nSPS) is 22.7. The molecule has 2 heterocycles. The van der Waals surface area contributed by atoms with Gasteiger partial charge in [0.25, 0.3) is 0 Å². The van der Waals surface area contributed by atoms with E-state index >= 15 is 0 Å². The molecule has 0 radical (unpaired) electrons. The number of ether oxygens (including phenoxy) is 5. The molecular weight excluding hydrogens is 382 g/mol. The van der Waals surface area contributed by atoms with E-state index in [1.54, 1.807) is 20.8 Å². The lowest BCUT2D eigenvalue weighted by Gasteiger charge is -2.26. The SMILES string of the molecule is COC(=O)[C@@H]1COC([C@@H]2COC([C@H](COC(C)(C)C)NC(=O)OC(C)(C)C)=N2)=N1. The molecule has 10 heteroatoms. The zero-order chi connectivity index (χ0) is 21.8. The number of hydrogen-bond acceptors (Lipinski definition) is 9. The van der Waals surface area contributed by atoms with Crippen molar-refractivity contribution < 1.29 is 33.3 Å². The molecule has 0 aromatic rings. The highest BCUT2D eigenvalue weighted by atomic mass is 16.6. The van der Waals surface area contributed by atoms with Crippen LogP contribution in [0.5, 0.6) is 0 Å². The van der Waals surface area contributed by atoms with Gasteiger partial charge in [-0.1, -0.05) is 0 Å². The summed E-state index contributed by atoms with van der Waals surface area (Å²) in [6.07, 6.45) is -0.602. The fourth-order valence-electron chi connectivity index (χ4n) is 2.50. The van der Waals surface area contributed by atoms with E-state index in [2.05, 4.69) is 20.0 Å². The molecule has 0 fully saturated rings. The number of alkyl carbamates (subject to hydrolysis) is 1. The Hall–Kier alpha value is -2.36. The van der Waals surface area contributed by atoms with E-state index in [1.165, 1.54) is 7.11 Å². The Labute approximate surface area is 171 Å². The maximum atomic E-state index is 12.2. The van der Waals surface area contributed by atoms with Gasteiger partial charge >= 0.3 is 12.1 Å². The van der Waals surface area contributed by atoms with Gasteiger partial charge in [0, 0.05) is 0 Å². The topological polar surface area (TPSA) is 117 Å². The number of methoxy groups -OCH3 is 1. The first-order valence-electron chi connectivity index (χ1n) is 9.50. The molecule has 3 atom stereocenters. The van der Waals surface area contributed by atoms with E-state index in [1.807, 2.05) is 20.8 Å². The highest BCUT2D eigenvalue weighted by molar-refractivity contribution is 5.94. The Morgan fingerprint density at radius 1 is 1.10 bits per heavy atom. The third-order valence-corrected chi connectivity index (χ3v) is 3.77. The monoisotopic (exact) mass is 413 g/mol. The van der Waals surface area contributed by atoms with E-state index in [4.69, 9.17) is 18.9 Å². The number of esters is 1. The lowest BCUT2D eigenvalue weighted by Crippen LogP contribution is -2.47. The molecule has 2 rings (SSSR count). The van der Waals surface area contributed by atoms with Crippen molar-refractivity contribution in [2.45, 2.75) is 70.9 Å². The van der Waals surface area contributed by atoms with E-state index in [-0.39, 0.29) is 25.7 Å². The van der Waals surface area contributed by atoms with Crippen LogP contribution < -0.4 is 5.32 Å². The quantitative estimate of drug-likeness (QED) is 0.655. The summed E-state index contributed by atoms with van der Waals surface area (Å²) in [5, 5.41) is 2.74. The van der Waals surface area contributed by atoms with Crippen molar-refractivity contribution in [3.63, 3.8) is 0 Å². The van der Waals surface area contributed by atoms with Crippen LogP contribution in [0.1, 0.15) is 41.5 Å². The summed E-state index contributed by atoms with van der Waals surface area (Å²) in [5.74, 6) is 0.132. The Bertz CT molecular complexity index is 676. The van der Waals surface area contributed by atoms with Crippen LogP contribution in [-0.2, 0) is 28.5 Å². The number of amides is 1. The molecule has 1 N–H and O–H groups in total. The second-order valence-electron chi connectivity index (χ2n) is 8.73. The van der Waals surface area contributed by atoms with Gasteiger partial charge < -0.3 is 29.0 Å². The molecule has 2 aliphatic heterocycles. The average molecular weight is 413 g/mol. The Morgan fingerprint density at radius 2 is 1.79 bits per heavy atom. The summed E-state index contributed by atoms with van der Waals surface area (Å²) in [6.45, 7) is 11.5. The standard InChI is InChI=1S/C19H31N3O7/c1-18(2,3)28-10-12(22-17(24)29-19(4,5)6)15-20-11(8-26-15)14-21-13(9-27-14)16(23)25-7/h11-13H,8-10H2,1-7H3,(H,22,24)/t11-,12-,13-/m0/s1. The van der Waals surface area contributed by atoms with Crippen LogP contribution in [0.4, 0.5) is 4.79 Å². The van der Waals surface area contributed by atoms with Gasteiger partial charge in [-0.25, -0.2) is 19.6 Å². The Balaban J connectivity index is 2.10. The van der Waals surface area contributed by atoms with Crippen LogP contribution in [0, 0.1) is 0 Å². The first-order chi connectivity index (χ1) is 13.4. The number of aliphatic imine (C=N–C) groups is 2. The fraction of sp³-hybridized carbons (Fsp3) is 0.789. The molecule has 0 spiro atoms. The van der Waals surface area contributed by atoms with Crippen LogP contribution in [-0.4, -0.2) is 80.1 Å². The van der Waals surface area contributed by atoms with E-state index in [0.29, 0.717) is 5.90 Å². The predicted molar refractivity (Wildman–Crippen MR) is 105 cm³/mol. The first-order valence-corrected chi connectivity index (χ1v) is 9.50. The molecule has 0 aliphatic carbocycles. The van der Waals surface area contributed by atoms with Crippen LogP contribution >= 0.6 is 0 Å². The highest BCUT2D eigenvalue weighted by Crippen LogP contribution is 2.18. The third-order valence-electron chi connectivity index (χ3n) is 3.77. The number of hydrogen-bond donors (Lipinski definition) is 1. The fourth-order valence-corrected chi connectivity index (χ4v) is 2.50. The average Bonchev–Trinajstić information content (AvgIpc) is 3.24. The molecule has 164 valence electrons. The van der Waals surface area contributed by atoms with Crippen molar-refractivity contribution in [1.82, 2.24) is 5.32 Å². The van der Waals surface area contributed by atoms with Crippen LogP contribution in [0.3, 0.4) is 0 Å². The minimum atomic E-state index is -0.700. The second-order valence-corrected chi connectivity index (χ2v) is 8.73. The third kappa shape index (κ3) is 7.19. The second kappa shape index (κ2) is 8.98. The minimum absolute atomic E-state index is 0.107. The number of rotatable bonds is 6. The van der Waals surface area contributed by atoms with Crippen LogP contribution in [0.2, 0.25) is 0 Å². The lowest BCUT2D eigenvalue weighted by molar-refractivity contribution is -0.142. The highest BCUT2D eigenvalue weighted by Gasteiger charge is 2.36. The van der Waals surface area contributed by atoms with Crippen molar-refractivity contribution in [3.05, 3.63) is 0 Å². The molecule has 0 bridgehead atoms. The minimum Gasteiger partial charge on any atom is -0.477 e. The zero-order valence-electron chi connectivity index (χ0n) is 18.1. The molecule has 0 aromatic carbocycles. The number of carbonyl (C=O) groups excluding carboxylic acids is 2. The maximum Gasteiger partial charge on any atom is 0.408 e. The summed E-state index contributed by atoms with van der Waals surface area (Å²) in [5.41, 5.74) is -1.06. The zero-order valence-corrected chi connectivity index (χ0v) is 18.1. The molecule has 2 aliphatic rings. The van der Waals surface area contributed by atoms with Gasteiger partial charge in [0.15, 0.2) is 12.1 Å². The van der Waals surface area contributed by atoms with Crippen molar-refractivity contribution in [2.75, 3.05) is 26.9 Å². The summed E-state index contributed by atoms with van der Waals surface area (Å²) < 4.78 is 27.0. The number of nitrogens with zero attached hydrogens (tertiary/aromatic N) is 2. The van der Waals surface area contributed by atoms with Crippen molar-refractivity contribution in [2.24, 2.45) is 9.98 Å². The maximum absolute atomic E-state index is 12.2. The summed E-state index contributed by atoms with van der Waals surface area (Å²) >= 11 is 0. The number of carbonyl (C=O) groups is 2. The molecule has 0 aromatic heterocycles. The summed E-state index contributed by atoms with van der Waals surface area (Å²) in [4.78, 5) is 32.5. The smallest absolute Gasteiger partial charge is 0.408 e. The van der Waals surface area contributed by atoms with Crippen LogP contribution in [0.25, 0.3) is 0 Å². The van der Waals surface area contributed by atoms with E-state index < -0.39 is 41.4 Å². The molecule has 1 amide bonds. The summed E-state index contributed by atoms with van der Waals surface area (Å²) in [7, 11) is 1.30. The molecule has 0 saturated heterocycles. The van der Waals surface area contributed by atoms with Crippen molar-refractivity contribution in [3.8, 4) is 0 Å². The Kier molecular flexibility index (Phi) is 7.10. The lowest BCUT2D eigenvalue weighted by atomic mass is 10.2. The van der Waals surface area contributed by atoms with Crippen molar-refractivity contribution in [1.29, 1.82) is 0 Å². The van der Waals surface area contributed by atoms with Gasteiger partial charge in [-0.05, 0) is 41.5 Å². The molecular formula is C19H31N3O7. The largest absolute Gasteiger partial charge is 0.477 e.